The Labute approximate surface area is 130 Å². The summed E-state index contributed by atoms with van der Waals surface area (Å²) in [4.78, 5) is 4.34. The van der Waals surface area contributed by atoms with E-state index in [0.29, 0.717) is 11.3 Å². The van der Waals surface area contributed by atoms with E-state index >= 15 is 0 Å². The van der Waals surface area contributed by atoms with Gasteiger partial charge in [-0.2, -0.15) is 13.2 Å². The third kappa shape index (κ3) is 2.84. The van der Waals surface area contributed by atoms with Crippen LogP contribution in [-0.4, -0.2) is 12.1 Å². The Hall–Kier alpha value is -2.63. The summed E-state index contributed by atoms with van der Waals surface area (Å²) in [6.07, 6.45) is -4.76. The predicted molar refractivity (Wildman–Crippen MR) is 79.8 cm³/mol. The topological polar surface area (TPSA) is 22.1 Å². The predicted octanol–water partition coefficient (Wildman–Crippen LogP) is 5.18. The first-order valence-electron chi connectivity index (χ1n) is 6.71. The molecule has 3 rings (SSSR count). The number of para-hydroxylation sites is 1. The summed E-state index contributed by atoms with van der Waals surface area (Å²) in [5.74, 6) is -0.822. The molecule has 1 heterocycles. The van der Waals surface area contributed by atoms with Gasteiger partial charge in [0.25, 0.3) is 0 Å². The Bertz CT molecular complexity index is 880. The summed E-state index contributed by atoms with van der Waals surface area (Å²) in [6.45, 7) is 0. The molecule has 0 amide bonds. The molecule has 0 saturated carbocycles. The Balaban J connectivity index is 0.00000208. The number of alkyl halides is 3. The van der Waals surface area contributed by atoms with E-state index in [9.17, 15) is 17.6 Å². The molecule has 0 saturated heterocycles. The van der Waals surface area contributed by atoms with Crippen molar-refractivity contribution in [3.63, 3.8) is 0 Å². The molecule has 0 fully saturated rings. The molecule has 0 N–H and O–H groups in total. The molecule has 23 heavy (non-hydrogen) atoms. The SMILES string of the molecule is COc1cc(-c2ccc(F)c(C(F)(F)F)c2)nc2ccccc12.[H+]. The molecule has 0 bridgehead atoms. The van der Waals surface area contributed by atoms with Crippen LogP contribution in [0.2, 0.25) is 0 Å². The van der Waals surface area contributed by atoms with Gasteiger partial charge in [-0.3, -0.25) is 0 Å². The van der Waals surface area contributed by atoms with E-state index in [0.717, 1.165) is 17.5 Å². The molecule has 2 aromatic carbocycles. The summed E-state index contributed by atoms with van der Waals surface area (Å²) in [6, 6.07) is 11.5. The first-order chi connectivity index (χ1) is 10.9. The van der Waals surface area contributed by atoms with Gasteiger partial charge in [-0.1, -0.05) is 12.1 Å². The number of benzene rings is 2. The van der Waals surface area contributed by atoms with Crippen LogP contribution in [0.25, 0.3) is 22.2 Å². The third-order valence-electron chi connectivity index (χ3n) is 3.47. The maximum atomic E-state index is 13.4. The Morgan fingerprint density at radius 1 is 1.04 bits per heavy atom. The van der Waals surface area contributed by atoms with Gasteiger partial charge in [-0.15, -0.1) is 0 Å². The molecule has 0 aliphatic rings. The molecule has 0 spiro atoms. The standard InChI is InChI=1S/C17H11F4NO/c1-23-16-9-15(22-14-5-3-2-4-11(14)16)10-6-7-13(18)12(8-10)17(19,20)21/h2-9H,1H3/p+1. The van der Waals surface area contributed by atoms with Gasteiger partial charge in [-0.05, 0) is 30.3 Å². The number of ether oxygens (including phenoxy) is 1. The van der Waals surface area contributed by atoms with Crippen molar-refractivity contribution in [2.24, 2.45) is 0 Å². The Kier molecular flexibility index (Phi) is 3.67. The van der Waals surface area contributed by atoms with Gasteiger partial charge >= 0.3 is 7.60 Å². The van der Waals surface area contributed by atoms with Crippen molar-refractivity contribution in [3.05, 3.63) is 59.9 Å². The van der Waals surface area contributed by atoms with E-state index in [1.54, 1.807) is 18.2 Å². The smallest absolute Gasteiger partial charge is 0.496 e. The van der Waals surface area contributed by atoms with Gasteiger partial charge in [0.05, 0.1) is 23.9 Å². The maximum absolute atomic E-state index is 13.4. The minimum Gasteiger partial charge on any atom is -0.496 e. The van der Waals surface area contributed by atoms with Crippen molar-refractivity contribution in [2.45, 2.75) is 6.18 Å². The van der Waals surface area contributed by atoms with E-state index < -0.39 is 17.6 Å². The van der Waals surface area contributed by atoms with Crippen molar-refractivity contribution in [3.8, 4) is 17.0 Å². The zero-order chi connectivity index (χ0) is 16.6. The van der Waals surface area contributed by atoms with Gasteiger partial charge in [-0.25, -0.2) is 9.37 Å². The molecule has 6 heteroatoms. The largest absolute Gasteiger partial charge is 1.00 e. The number of aromatic nitrogens is 1. The Morgan fingerprint density at radius 2 is 1.78 bits per heavy atom. The molecular weight excluding hydrogens is 310 g/mol. The van der Waals surface area contributed by atoms with Crippen molar-refractivity contribution in [2.75, 3.05) is 7.11 Å². The molecule has 0 aliphatic heterocycles. The van der Waals surface area contributed by atoms with Crippen molar-refractivity contribution < 1.29 is 23.7 Å². The second-order valence-electron chi connectivity index (χ2n) is 4.92. The lowest BCUT2D eigenvalue weighted by molar-refractivity contribution is -0.139. The van der Waals surface area contributed by atoms with Crippen molar-refractivity contribution >= 4 is 10.9 Å². The number of pyridine rings is 1. The minimum absolute atomic E-state index is 0. The highest BCUT2D eigenvalue weighted by atomic mass is 19.4. The molecule has 0 unspecified atom stereocenters. The van der Waals surface area contributed by atoms with Gasteiger partial charge in [0.1, 0.15) is 11.6 Å². The zero-order valence-corrected chi connectivity index (χ0v) is 12.0. The van der Waals surface area contributed by atoms with Crippen LogP contribution in [0.15, 0.2) is 48.5 Å². The van der Waals surface area contributed by atoms with E-state index in [-0.39, 0.29) is 12.7 Å². The number of rotatable bonds is 2. The summed E-state index contributed by atoms with van der Waals surface area (Å²) in [5.41, 5.74) is -0.280. The Morgan fingerprint density at radius 3 is 2.48 bits per heavy atom. The summed E-state index contributed by atoms with van der Waals surface area (Å²) in [7, 11) is 1.47. The minimum atomic E-state index is -4.76. The quantitative estimate of drug-likeness (QED) is 0.606. The van der Waals surface area contributed by atoms with Crippen LogP contribution in [0, 0.1) is 5.82 Å². The first kappa shape index (κ1) is 15.3. The fourth-order valence-corrected chi connectivity index (χ4v) is 2.36. The van der Waals surface area contributed by atoms with Crippen LogP contribution in [0.3, 0.4) is 0 Å². The number of halogens is 4. The van der Waals surface area contributed by atoms with Crippen LogP contribution >= 0.6 is 0 Å². The molecular formula is C17H12F4NO+. The highest BCUT2D eigenvalue weighted by molar-refractivity contribution is 5.87. The lowest BCUT2D eigenvalue weighted by Crippen LogP contribution is -2.08. The summed E-state index contributed by atoms with van der Waals surface area (Å²) >= 11 is 0. The van der Waals surface area contributed by atoms with Crippen molar-refractivity contribution in [1.29, 1.82) is 0 Å². The average molecular weight is 322 g/mol. The summed E-state index contributed by atoms with van der Waals surface area (Å²) < 4.78 is 57.3. The van der Waals surface area contributed by atoms with Crippen LogP contribution in [0.1, 0.15) is 6.99 Å². The van der Waals surface area contributed by atoms with E-state index in [1.807, 2.05) is 6.07 Å². The average Bonchev–Trinajstić information content (AvgIpc) is 2.53. The molecule has 1 aromatic heterocycles. The van der Waals surface area contributed by atoms with Gasteiger partial charge in [0, 0.05) is 17.0 Å². The highest BCUT2D eigenvalue weighted by Gasteiger charge is 2.34. The normalized spacial score (nSPS) is 11.7. The lowest BCUT2D eigenvalue weighted by Gasteiger charge is -2.12. The second kappa shape index (κ2) is 5.53. The lowest BCUT2D eigenvalue weighted by atomic mass is 10.0. The van der Waals surface area contributed by atoms with Gasteiger partial charge < -0.3 is 4.74 Å². The third-order valence-corrected chi connectivity index (χ3v) is 3.47. The van der Waals surface area contributed by atoms with Crippen LogP contribution in [-0.2, 0) is 6.18 Å². The van der Waals surface area contributed by atoms with E-state index in [2.05, 4.69) is 4.98 Å². The number of hydrogen-bond donors (Lipinski definition) is 0. The van der Waals surface area contributed by atoms with Gasteiger partial charge in [0.2, 0.25) is 0 Å². The first-order valence-corrected chi connectivity index (χ1v) is 6.71. The fraction of sp³-hybridized carbons (Fsp3) is 0.118. The number of hydrogen-bond acceptors (Lipinski definition) is 2. The van der Waals surface area contributed by atoms with Gasteiger partial charge in [0.15, 0.2) is 0 Å². The molecule has 118 valence electrons. The van der Waals surface area contributed by atoms with Crippen molar-refractivity contribution in [1.82, 2.24) is 4.98 Å². The van der Waals surface area contributed by atoms with E-state index in [1.165, 1.54) is 19.2 Å². The highest BCUT2D eigenvalue weighted by Crippen LogP contribution is 2.35. The monoisotopic (exact) mass is 322 g/mol. The molecule has 0 aliphatic carbocycles. The number of methoxy groups -OCH3 is 1. The molecule has 3 aromatic rings. The molecule has 2 nitrogen and oxygen atoms in total. The van der Waals surface area contributed by atoms with Crippen LogP contribution in [0.5, 0.6) is 5.75 Å². The molecule has 0 radical (unpaired) electrons. The number of nitrogens with zero attached hydrogens (tertiary/aromatic N) is 1. The fourth-order valence-electron chi connectivity index (χ4n) is 2.36. The zero-order valence-electron chi connectivity index (χ0n) is 13.0. The second-order valence-corrected chi connectivity index (χ2v) is 4.92. The number of fused-ring (bicyclic) bond motifs is 1. The molecule has 0 atom stereocenters. The van der Waals surface area contributed by atoms with Crippen LogP contribution in [0.4, 0.5) is 17.6 Å². The summed E-state index contributed by atoms with van der Waals surface area (Å²) in [5, 5.41) is 0.747. The maximum Gasteiger partial charge on any atom is 1.00 e. The van der Waals surface area contributed by atoms with Crippen LogP contribution < -0.4 is 4.74 Å². The van der Waals surface area contributed by atoms with E-state index in [4.69, 9.17) is 4.74 Å².